The number of hydrogen-bond acceptors (Lipinski definition) is 5. The number of hydrogen-bond donors (Lipinski definition) is 2. The summed E-state index contributed by atoms with van der Waals surface area (Å²) in [6.07, 6.45) is 0.657. The summed E-state index contributed by atoms with van der Waals surface area (Å²) < 4.78 is 10.6. The SMILES string of the molecule is COc1cc(O)c(C2=NN[C@@H](c3cccc4ccccc34)C2)c(OC)c1. The molecular formula is C21H20N2O3. The van der Waals surface area contributed by atoms with Crippen LogP contribution < -0.4 is 14.9 Å². The minimum absolute atomic E-state index is 0.0438. The lowest BCUT2D eigenvalue weighted by atomic mass is 9.94. The van der Waals surface area contributed by atoms with Crippen LogP contribution in [0.5, 0.6) is 17.2 Å². The van der Waals surface area contributed by atoms with Crippen molar-refractivity contribution in [2.45, 2.75) is 12.5 Å². The van der Waals surface area contributed by atoms with Crippen LogP contribution in [0.4, 0.5) is 0 Å². The summed E-state index contributed by atoms with van der Waals surface area (Å²) in [5, 5.41) is 17.3. The summed E-state index contributed by atoms with van der Waals surface area (Å²) in [7, 11) is 3.13. The smallest absolute Gasteiger partial charge is 0.135 e. The molecule has 1 aliphatic heterocycles. The maximum absolute atomic E-state index is 10.5. The highest BCUT2D eigenvalue weighted by Gasteiger charge is 2.27. The highest BCUT2D eigenvalue weighted by Crippen LogP contribution is 2.38. The number of fused-ring (bicyclic) bond motifs is 1. The lowest BCUT2D eigenvalue weighted by molar-refractivity contribution is 0.384. The molecule has 0 saturated heterocycles. The van der Waals surface area contributed by atoms with Crippen LogP contribution in [0.15, 0.2) is 59.7 Å². The van der Waals surface area contributed by atoms with Gasteiger partial charge in [0, 0.05) is 18.6 Å². The molecule has 1 atom stereocenters. The van der Waals surface area contributed by atoms with Gasteiger partial charge in [0.25, 0.3) is 0 Å². The average molecular weight is 348 g/mol. The Balaban J connectivity index is 1.69. The van der Waals surface area contributed by atoms with Gasteiger partial charge in [0.1, 0.15) is 17.2 Å². The van der Waals surface area contributed by atoms with Crippen molar-refractivity contribution in [3.8, 4) is 17.2 Å². The number of methoxy groups -OCH3 is 2. The molecule has 0 fully saturated rings. The van der Waals surface area contributed by atoms with E-state index in [0.717, 1.165) is 5.71 Å². The number of hydrazone groups is 1. The molecule has 1 heterocycles. The van der Waals surface area contributed by atoms with Gasteiger partial charge in [-0.1, -0.05) is 42.5 Å². The molecule has 5 nitrogen and oxygen atoms in total. The average Bonchev–Trinajstić information content (AvgIpc) is 3.16. The highest BCUT2D eigenvalue weighted by molar-refractivity contribution is 6.06. The summed E-state index contributed by atoms with van der Waals surface area (Å²) in [5.74, 6) is 1.18. The number of rotatable bonds is 4. The zero-order valence-electron chi connectivity index (χ0n) is 14.7. The molecule has 4 rings (SSSR count). The third-order valence-electron chi connectivity index (χ3n) is 4.75. The molecule has 26 heavy (non-hydrogen) atoms. The standard InChI is InChI=1S/C21H20N2O3/c1-25-14-10-19(24)21(20(11-14)26-2)18-12-17(22-23-18)16-9-5-7-13-6-3-4-8-15(13)16/h3-11,17,22,24H,12H2,1-2H3/t17-/m1/s1. The molecule has 132 valence electrons. The third kappa shape index (κ3) is 2.71. The summed E-state index contributed by atoms with van der Waals surface area (Å²) in [4.78, 5) is 0. The Labute approximate surface area is 151 Å². The molecule has 0 spiro atoms. The second-order valence-electron chi connectivity index (χ2n) is 6.24. The molecule has 0 saturated carbocycles. The monoisotopic (exact) mass is 348 g/mol. The molecule has 0 aliphatic carbocycles. The number of benzene rings is 3. The number of ether oxygens (including phenoxy) is 2. The minimum Gasteiger partial charge on any atom is -0.507 e. The fourth-order valence-electron chi connectivity index (χ4n) is 3.48. The van der Waals surface area contributed by atoms with E-state index >= 15 is 0 Å². The molecule has 3 aromatic rings. The molecule has 5 heteroatoms. The number of nitrogens with one attached hydrogen (secondary N) is 1. The van der Waals surface area contributed by atoms with Gasteiger partial charge in [0.2, 0.25) is 0 Å². The van der Waals surface area contributed by atoms with Gasteiger partial charge in [-0.3, -0.25) is 0 Å². The zero-order chi connectivity index (χ0) is 18.1. The maximum Gasteiger partial charge on any atom is 0.135 e. The van der Waals surface area contributed by atoms with Crippen LogP contribution in [-0.4, -0.2) is 25.0 Å². The molecule has 0 bridgehead atoms. The van der Waals surface area contributed by atoms with Gasteiger partial charge in [0.15, 0.2) is 0 Å². The largest absolute Gasteiger partial charge is 0.507 e. The Kier molecular flexibility index (Phi) is 4.13. The van der Waals surface area contributed by atoms with Crippen LogP contribution >= 0.6 is 0 Å². The molecule has 0 amide bonds. The Hall–Kier alpha value is -3.21. The van der Waals surface area contributed by atoms with Crippen LogP contribution in [0.2, 0.25) is 0 Å². The van der Waals surface area contributed by atoms with E-state index in [1.54, 1.807) is 26.4 Å². The Bertz CT molecular complexity index is 992. The van der Waals surface area contributed by atoms with Crippen molar-refractivity contribution < 1.29 is 14.6 Å². The van der Waals surface area contributed by atoms with E-state index in [1.165, 1.54) is 16.3 Å². The number of phenolic OH excluding ortho intramolecular Hbond substituents is 1. The molecule has 0 radical (unpaired) electrons. The van der Waals surface area contributed by atoms with Crippen LogP contribution in [-0.2, 0) is 0 Å². The van der Waals surface area contributed by atoms with Crippen molar-refractivity contribution in [1.29, 1.82) is 0 Å². The molecule has 2 N–H and O–H groups in total. The third-order valence-corrected chi connectivity index (χ3v) is 4.75. The van der Waals surface area contributed by atoms with E-state index in [2.05, 4.69) is 40.9 Å². The van der Waals surface area contributed by atoms with E-state index < -0.39 is 0 Å². The van der Waals surface area contributed by atoms with E-state index in [0.29, 0.717) is 23.5 Å². The second-order valence-corrected chi connectivity index (χ2v) is 6.24. The number of aromatic hydroxyl groups is 1. The molecule has 0 unspecified atom stereocenters. The van der Waals surface area contributed by atoms with Crippen molar-refractivity contribution in [3.63, 3.8) is 0 Å². The first kappa shape index (κ1) is 16.3. The summed E-state index contributed by atoms with van der Waals surface area (Å²) in [6.45, 7) is 0. The van der Waals surface area contributed by atoms with Gasteiger partial charge in [-0.05, 0) is 16.3 Å². The summed E-state index contributed by atoms with van der Waals surface area (Å²) in [6, 6.07) is 18.0. The molecule has 0 aromatic heterocycles. The predicted molar refractivity (Wildman–Crippen MR) is 102 cm³/mol. The molecule has 3 aromatic carbocycles. The summed E-state index contributed by atoms with van der Waals surface area (Å²) in [5.41, 5.74) is 5.76. The van der Waals surface area contributed by atoms with Crippen molar-refractivity contribution in [3.05, 3.63) is 65.7 Å². The van der Waals surface area contributed by atoms with Crippen molar-refractivity contribution >= 4 is 16.5 Å². The lowest BCUT2D eigenvalue weighted by Crippen LogP contribution is -2.10. The first-order chi connectivity index (χ1) is 12.7. The van der Waals surface area contributed by atoms with Crippen molar-refractivity contribution in [2.24, 2.45) is 5.10 Å². The van der Waals surface area contributed by atoms with E-state index in [4.69, 9.17) is 9.47 Å². The van der Waals surface area contributed by atoms with Crippen LogP contribution in [0.25, 0.3) is 10.8 Å². The topological polar surface area (TPSA) is 63.1 Å². The number of phenols is 1. The molecular weight excluding hydrogens is 328 g/mol. The Morgan fingerprint density at radius 3 is 2.65 bits per heavy atom. The fraction of sp³-hybridized carbons (Fsp3) is 0.190. The quantitative estimate of drug-likeness (QED) is 0.748. The lowest BCUT2D eigenvalue weighted by Gasteiger charge is -2.14. The number of nitrogens with zero attached hydrogens (tertiary/aromatic N) is 1. The summed E-state index contributed by atoms with van der Waals surface area (Å²) >= 11 is 0. The van der Waals surface area contributed by atoms with Crippen LogP contribution in [0, 0.1) is 0 Å². The van der Waals surface area contributed by atoms with Gasteiger partial charge in [-0.25, -0.2) is 0 Å². The van der Waals surface area contributed by atoms with Gasteiger partial charge in [-0.15, -0.1) is 0 Å². The van der Waals surface area contributed by atoms with Crippen molar-refractivity contribution in [2.75, 3.05) is 14.2 Å². The van der Waals surface area contributed by atoms with E-state index in [1.807, 2.05) is 12.1 Å². The van der Waals surface area contributed by atoms with Gasteiger partial charge in [-0.2, -0.15) is 5.10 Å². The maximum atomic E-state index is 10.5. The van der Waals surface area contributed by atoms with E-state index in [-0.39, 0.29) is 11.8 Å². The van der Waals surface area contributed by atoms with Gasteiger partial charge < -0.3 is 20.0 Å². The minimum atomic E-state index is 0.0438. The second kappa shape index (κ2) is 6.59. The van der Waals surface area contributed by atoms with Crippen LogP contribution in [0.1, 0.15) is 23.6 Å². The first-order valence-electron chi connectivity index (χ1n) is 8.46. The van der Waals surface area contributed by atoms with E-state index in [9.17, 15) is 5.11 Å². The molecule has 1 aliphatic rings. The normalized spacial score (nSPS) is 16.2. The first-order valence-corrected chi connectivity index (χ1v) is 8.46. The zero-order valence-corrected chi connectivity index (χ0v) is 14.7. The van der Waals surface area contributed by atoms with Gasteiger partial charge >= 0.3 is 0 Å². The predicted octanol–water partition coefficient (Wildman–Crippen LogP) is 4.00. The van der Waals surface area contributed by atoms with Gasteiger partial charge in [0.05, 0.1) is 31.5 Å². The highest BCUT2D eigenvalue weighted by atomic mass is 16.5. The Morgan fingerprint density at radius 1 is 1.04 bits per heavy atom. The Morgan fingerprint density at radius 2 is 1.85 bits per heavy atom. The van der Waals surface area contributed by atoms with Crippen LogP contribution in [0.3, 0.4) is 0 Å². The van der Waals surface area contributed by atoms with Crippen molar-refractivity contribution in [1.82, 2.24) is 5.43 Å². The fourth-order valence-corrected chi connectivity index (χ4v) is 3.48.